The summed E-state index contributed by atoms with van der Waals surface area (Å²) in [6.45, 7) is 9.57. The van der Waals surface area contributed by atoms with Gasteiger partial charge in [-0.25, -0.2) is 0 Å². The first-order valence-corrected chi connectivity index (χ1v) is 6.62. The lowest BCUT2D eigenvalue weighted by atomic mass is 10.1. The van der Waals surface area contributed by atoms with Crippen molar-refractivity contribution in [3.05, 3.63) is 22.7 Å². The molecule has 4 N–H and O–H groups in total. The molecular weight excluding hydrogens is 262 g/mol. The Bertz CT molecular complexity index is 480. The van der Waals surface area contributed by atoms with Gasteiger partial charge in [0.15, 0.2) is 0 Å². The van der Waals surface area contributed by atoms with E-state index in [1.807, 2.05) is 34.6 Å². The highest BCUT2D eigenvalue weighted by Gasteiger charge is 2.19. The van der Waals surface area contributed by atoms with Crippen LogP contribution in [0.1, 0.15) is 33.3 Å². The van der Waals surface area contributed by atoms with Gasteiger partial charge in [-0.3, -0.25) is 4.79 Å². The molecule has 0 aliphatic heterocycles. The lowest BCUT2D eigenvalue weighted by molar-refractivity contribution is -0.122. The maximum atomic E-state index is 12.0. The number of hydrogen-bond donors (Lipinski definition) is 3. The average molecular weight is 284 g/mol. The van der Waals surface area contributed by atoms with E-state index < -0.39 is 0 Å². The largest absolute Gasteiger partial charge is 0.398 e. The number of carbonyl (C=O) groups excluding carboxylic acids is 1. The first-order valence-electron chi connectivity index (χ1n) is 6.24. The average Bonchev–Trinajstić information content (AvgIpc) is 2.23. The third kappa shape index (κ3) is 4.63. The van der Waals surface area contributed by atoms with Crippen molar-refractivity contribution in [1.29, 1.82) is 0 Å². The predicted octanol–water partition coefficient (Wildman–Crippen LogP) is 2.95. The Kier molecular flexibility index (Phi) is 4.69. The van der Waals surface area contributed by atoms with Crippen LogP contribution in [0.5, 0.6) is 0 Å². The molecule has 0 bridgehead atoms. The molecule has 4 nitrogen and oxygen atoms in total. The number of halogens is 1. The van der Waals surface area contributed by atoms with Crippen LogP contribution in [0.15, 0.2) is 12.1 Å². The topological polar surface area (TPSA) is 67.1 Å². The third-order valence-electron chi connectivity index (χ3n) is 2.61. The van der Waals surface area contributed by atoms with E-state index >= 15 is 0 Å². The minimum Gasteiger partial charge on any atom is -0.398 e. The fourth-order valence-corrected chi connectivity index (χ4v) is 1.80. The van der Waals surface area contributed by atoms with E-state index in [0.29, 0.717) is 10.7 Å². The second-order valence-corrected chi connectivity index (χ2v) is 6.20. The van der Waals surface area contributed by atoms with Crippen LogP contribution in [0, 0.1) is 6.92 Å². The zero-order valence-electron chi connectivity index (χ0n) is 12.1. The summed E-state index contributed by atoms with van der Waals surface area (Å²) in [5.74, 6) is -0.0557. The second-order valence-electron chi connectivity index (χ2n) is 5.79. The SMILES string of the molecule is Cc1cc(N)c(Cl)cc1NC(C)C(=O)NC(C)(C)C. The minimum atomic E-state index is -0.349. The van der Waals surface area contributed by atoms with Gasteiger partial charge < -0.3 is 16.4 Å². The molecule has 0 saturated heterocycles. The lowest BCUT2D eigenvalue weighted by Gasteiger charge is -2.24. The molecule has 1 atom stereocenters. The molecule has 1 aromatic carbocycles. The van der Waals surface area contributed by atoms with E-state index in [0.717, 1.165) is 11.3 Å². The van der Waals surface area contributed by atoms with E-state index in [-0.39, 0.29) is 17.5 Å². The van der Waals surface area contributed by atoms with Gasteiger partial charge in [-0.15, -0.1) is 0 Å². The zero-order chi connectivity index (χ0) is 14.8. The van der Waals surface area contributed by atoms with Crippen LogP contribution in [0.4, 0.5) is 11.4 Å². The summed E-state index contributed by atoms with van der Waals surface area (Å²) in [4.78, 5) is 12.0. The van der Waals surface area contributed by atoms with Crippen LogP contribution in [-0.2, 0) is 4.79 Å². The number of carbonyl (C=O) groups is 1. The fourth-order valence-electron chi connectivity index (χ4n) is 1.64. The number of aryl methyl sites for hydroxylation is 1. The van der Waals surface area contributed by atoms with Crippen LogP contribution in [0.3, 0.4) is 0 Å². The lowest BCUT2D eigenvalue weighted by Crippen LogP contribution is -2.47. The highest BCUT2D eigenvalue weighted by molar-refractivity contribution is 6.33. The predicted molar refractivity (Wildman–Crippen MR) is 81.6 cm³/mol. The Balaban J connectivity index is 2.80. The maximum absolute atomic E-state index is 12.0. The summed E-state index contributed by atoms with van der Waals surface area (Å²) in [5.41, 5.74) is 7.79. The first kappa shape index (κ1) is 15.6. The molecule has 1 amide bonds. The molecule has 0 aromatic heterocycles. The van der Waals surface area contributed by atoms with Crippen LogP contribution < -0.4 is 16.4 Å². The van der Waals surface area contributed by atoms with Gasteiger partial charge in [0.25, 0.3) is 0 Å². The van der Waals surface area contributed by atoms with E-state index in [1.165, 1.54) is 0 Å². The molecule has 0 heterocycles. The van der Waals surface area contributed by atoms with Gasteiger partial charge in [0.1, 0.15) is 6.04 Å². The Morgan fingerprint density at radius 1 is 1.37 bits per heavy atom. The molecule has 0 aliphatic carbocycles. The summed E-state index contributed by atoms with van der Waals surface area (Å²) in [7, 11) is 0. The summed E-state index contributed by atoms with van der Waals surface area (Å²) in [6, 6.07) is 3.18. The van der Waals surface area contributed by atoms with Gasteiger partial charge in [-0.2, -0.15) is 0 Å². The van der Waals surface area contributed by atoms with Gasteiger partial charge in [0.05, 0.1) is 10.7 Å². The summed E-state index contributed by atoms with van der Waals surface area (Å²) in [6.07, 6.45) is 0. The van der Waals surface area contributed by atoms with Crippen LogP contribution in [-0.4, -0.2) is 17.5 Å². The third-order valence-corrected chi connectivity index (χ3v) is 2.93. The molecule has 1 rings (SSSR count). The number of nitrogen functional groups attached to an aromatic ring is 1. The molecule has 0 spiro atoms. The van der Waals surface area contributed by atoms with Crippen LogP contribution in [0.25, 0.3) is 0 Å². The number of hydrogen-bond acceptors (Lipinski definition) is 3. The molecule has 19 heavy (non-hydrogen) atoms. The van der Waals surface area contributed by atoms with Gasteiger partial charge in [0, 0.05) is 11.2 Å². The van der Waals surface area contributed by atoms with Crippen molar-refractivity contribution in [3.63, 3.8) is 0 Å². The number of nitrogens with two attached hydrogens (primary N) is 1. The van der Waals surface area contributed by atoms with Crippen molar-refractivity contribution in [2.24, 2.45) is 0 Å². The quantitative estimate of drug-likeness (QED) is 0.747. The molecular formula is C14H22ClN3O. The molecule has 0 fully saturated rings. The summed E-state index contributed by atoms with van der Waals surface area (Å²) in [5, 5.41) is 6.56. The Morgan fingerprint density at radius 3 is 2.47 bits per heavy atom. The molecule has 0 saturated carbocycles. The Labute approximate surface area is 119 Å². The van der Waals surface area contributed by atoms with E-state index in [4.69, 9.17) is 17.3 Å². The Morgan fingerprint density at radius 2 is 1.95 bits per heavy atom. The van der Waals surface area contributed by atoms with Gasteiger partial charge in [0.2, 0.25) is 5.91 Å². The number of nitrogens with one attached hydrogen (secondary N) is 2. The zero-order valence-corrected chi connectivity index (χ0v) is 12.9. The molecule has 1 aromatic rings. The highest BCUT2D eigenvalue weighted by atomic mass is 35.5. The van der Waals surface area contributed by atoms with E-state index in [2.05, 4.69) is 10.6 Å². The van der Waals surface area contributed by atoms with Crippen LogP contribution >= 0.6 is 11.6 Å². The molecule has 0 aliphatic rings. The molecule has 0 radical (unpaired) electrons. The molecule has 1 unspecified atom stereocenters. The summed E-state index contributed by atoms with van der Waals surface area (Å²) < 4.78 is 0. The van der Waals surface area contributed by atoms with Crippen molar-refractivity contribution in [2.45, 2.75) is 46.2 Å². The normalized spacial score (nSPS) is 12.9. The molecule has 5 heteroatoms. The number of rotatable bonds is 3. The van der Waals surface area contributed by atoms with E-state index in [9.17, 15) is 4.79 Å². The monoisotopic (exact) mass is 283 g/mol. The minimum absolute atomic E-state index is 0.0557. The standard InChI is InChI=1S/C14H22ClN3O/c1-8-6-11(16)10(15)7-12(8)17-9(2)13(19)18-14(3,4)5/h6-7,9,17H,16H2,1-5H3,(H,18,19). The van der Waals surface area contributed by atoms with Crippen molar-refractivity contribution in [2.75, 3.05) is 11.1 Å². The first-order chi connectivity index (χ1) is 8.60. The van der Waals surface area contributed by atoms with Gasteiger partial charge >= 0.3 is 0 Å². The molecule has 106 valence electrons. The van der Waals surface area contributed by atoms with Crippen molar-refractivity contribution in [1.82, 2.24) is 5.32 Å². The van der Waals surface area contributed by atoms with E-state index in [1.54, 1.807) is 12.1 Å². The maximum Gasteiger partial charge on any atom is 0.242 e. The number of amides is 1. The van der Waals surface area contributed by atoms with Gasteiger partial charge in [-0.05, 0) is 52.3 Å². The smallest absolute Gasteiger partial charge is 0.242 e. The Hall–Kier alpha value is -1.42. The van der Waals surface area contributed by atoms with Crippen molar-refractivity contribution >= 4 is 28.9 Å². The van der Waals surface area contributed by atoms with Crippen molar-refractivity contribution in [3.8, 4) is 0 Å². The fraction of sp³-hybridized carbons (Fsp3) is 0.500. The highest BCUT2D eigenvalue weighted by Crippen LogP contribution is 2.27. The van der Waals surface area contributed by atoms with Gasteiger partial charge in [-0.1, -0.05) is 11.6 Å². The number of anilines is 2. The number of benzene rings is 1. The summed E-state index contributed by atoms with van der Waals surface area (Å²) >= 11 is 5.99. The van der Waals surface area contributed by atoms with Crippen molar-refractivity contribution < 1.29 is 4.79 Å². The second kappa shape index (κ2) is 5.70. The van der Waals surface area contributed by atoms with Crippen LogP contribution in [0.2, 0.25) is 5.02 Å².